The Morgan fingerprint density at radius 2 is 1.93 bits per heavy atom. The van der Waals surface area contributed by atoms with Gasteiger partial charge in [0.05, 0.1) is 22.9 Å². The second kappa shape index (κ2) is 15.9. The Morgan fingerprint density at radius 3 is 2.67 bits per heavy atom. The molecule has 1 aliphatic carbocycles. The van der Waals surface area contributed by atoms with Crippen LogP contribution in [0, 0.1) is 17.7 Å². The van der Waals surface area contributed by atoms with Crippen LogP contribution >= 0.6 is 24.0 Å². The number of hydrogen-bond acceptors (Lipinski definition) is 5. The zero-order chi connectivity index (χ0) is 32.2. The number of halogens is 3. The van der Waals surface area contributed by atoms with Crippen molar-refractivity contribution in [3.63, 3.8) is 0 Å². The third-order valence-electron chi connectivity index (χ3n) is 9.77. The molecule has 11 heteroatoms. The van der Waals surface area contributed by atoms with Gasteiger partial charge in [0.1, 0.15) is 11.9 Å². The third kappa shape index (κ3) is 7.87. The number of unbranched alkanes of at least 4 members (excludes halogenated alkanes) is 1. The van der Waals surface area contributed by atoms with E-state index in [9.17, 15) is 23.9 Å². The summed E-state index contributed by atoms with van der Waals surface area (Å²) in [6.07, 6.45) is 4.06. The van der Waals surface area contributed by atoms with E-state index in [-0.39, 0.29) is 41.9 Å². The molecule has 0 saturated carbocycles. The van der Waals surface area contributed by atoms with E-state index in [2.05, 4.69) is 18.7 Å². The normalized spacial score (nSPS) is 21.5. The monoisotopic (exact) mass is 677 g/mol. The predicted octanol–water partition coefficient (Wildman–Crippen LogP) is 6.43. The Bertz CT molecular complexity index is 1410. The molecule has 46 heavy (non-hydrogen) atoms. The van der Waals surface area contributed by atoms with Crippen molar-refractivity contribution < 1.29 is 28.6 Å². The number of carbonyl (C=O) groups is 3. The number of aliphatic carboxylic acids is 1. The number of carboxylic acid groups (broad SMARTS) is 1. The van der Waals surface area contributed by atoms with Crippen molar-refractivity contribution in [1.29, 1.82) is 0 Å². The molecule has 2 aliphatic heterocycles. The number of carboxylic acids is 1. The van der Waals surface area contributed by atoms with E-state index in [4.69, 9.17) is 16.3 Å². The summed E-state index contributed by atoms with van der Waals surface area (Å²) in [5, 5.41) is 10.3. The van der Waals surface area contributed by atoms with Crippen molar-refractivity contribution in [1.82, 2.24) is 9.80 Å². The average Bonchev–Trinajstić information content (AvgIpc) is 3.47. The van der Waals surface area contributed by atoms with Gasteiger partial charge in [-0.05, 0) is 112 Å². The lowest BCUT2D eigenvalue weighted by molar-refractivity contribution is -0.152. The number of aryl methyl sites for hydroxylation is 1. The number of ether oxygens (including phenoxy) is 1. The molecule has 0 spiro atoms. The predicted molar refractivity (Wildman–Crippen MR) is 180 cm³/mol. The minimum atomic E-state index is -0.963. The summed E-state index contributed by atoms with van der Waals surface area (Å²) >= 11 is 6.45. The summed E-state index contributed by atoms with van der Waals surface area (Å²) in [6, 6.07) is 9.84. The highest BCUT2D eigenvalue weighted by Crippen LogP contribution is 2.42. The molecule has 1 saturated heterocycles. The van der Waals surface area contributed by atoms with Gasteiger partial charge in [0.15, 0.2) is 6.10 Å². The number of carbonyl (C=O) groups excluding carboxylic acids is 2. The zero-order valence-corrected chi connectivity index (χ0v) is 28.5. The Balaban J connectivity index is 0.00000480. The maximum atomic E-state index is 13.8. The van der Waals surface area contributed by atoms with Gasteiger partial charge in [0.25, 0.3) is 5.91 Å². The van der Waals surface area contributed by atoms with Crippen LogP contribution in [0.5, 0.6) is 0 Å². The minimum Gasteiger partial charge on any atom is -0.479 e. The molecule has 1 unspecified atom stereocenters. The molecule has 8 nitrogen and oxygen atoms in total. The number of amides is 2. The fourth-order valence-corrected chi connectivity index (χ4v) is 7.74. The Morgan fingerprint density at radius 1 is 1.15 bits per heavy atom. The van der Waals surface area contributed by atoms with E-state index in [0.717, 1.165) is 49.8 Å². The van der Waals surface area contributed by atoms with Gasteiger partial charge < -0.3 is 24.5 Å². The van der Waals surface area contributed by atoms with Gasteiger partial charge >= 0.3 is 5.97 Å². The fourth-order valence-electron chi connectivity index (χ4n) is 7.49. The Hall–Kier alpha value is -2.72. The van der Waals surface area contributed by atoms with Crippen molar-refractivity contribution in [2.45, 2.75) is 76.9 Å². The maximum absolute atomic E-state index is 13.8. The molecule has 1 fully saturated rings. The van der Waals surface area contributed by atoms with Crippen molar-refractivity contribution in [2.24, 2.45) is 11.8 Å². The van der Waals surface area contributed by atoms with Gasteiger partial charge in [-0.3, -0.25) is 9.59 Å². The molecule has 2 amide bonds. The number of rotatable bonds is 13. The molecule has 252 valence electrons. The molecule has 2 heterocycles. The van der Waals surface area contributed by atoms with Gasteiger partial charge in [-0.25, -0.2) is 9.18 Å². The second-order valence-electron chi connectivity index (χ2n) is 13.2. The summed E-state index contributed by atoms with van der Waals surface area (Å²) in [5.74, 6) is -0.711. The van der Waals surface area contributed by atoms with Crippen LogP contribution < -0.4 is 4.90 Å². The van der Waals surface area contributed by atoms with Crippen LogP contribution in [0.1, 0.15) is 79.8 Å². The molecule has 4 atom stereocenters. The van der Waals surface area contributed by atoms with Crippen molar-refractivity contribution in [3.8, 4) is 0 Å². The largest absolute Gasteiger partial charge is 0.479 e. The van der Waals surface area contributed by atoms with Crippen molar-refractivity contribution in [3.05, 3.63) is 63.9 Å². The van der Waals surface area contributed by atoms with Crippen LogP contribution in [0.2, 0.25) is 5.02 Å². The first-order chi connectivity index (χ1) is 21.6. The van der Waals surface area contributed by atoms with Gasteiger partial charge in [0, 0.05) is 19.6 Å². The lowest BCUT2D eigenvalue weighted by Gasteiger charge is -2.36. The fraction of sp³-hybridized carbons (Fsp3) is 0.571. The van der Waals surface area contributed by atoms with Crippen LogP contribution in [0.3, 0.4) is 0 Å². The van der Waals surface area contributed by atoms with E-state index in [1.54, 1.807) is 34.1 Å². The molecule has 1 N–H and O–H groups in total. The second-order valence-corrected chi connectivity index (χ2v) is 13.6. The molecule has 3 aliphatic rings. The standard InChI is InChI=1S/C35H45ClFN3O5.ClH/c1-22(2)31-24(12-11-23-20-25(37)13-14-26(23)31)21-45-30(35(43)44)15-19-38(3)16-4-5-17-39-28-9-6-8-27(36)32(28)34(42)40-18-7-10-29(40)33(39)41;/h6,8-9,13-14,20,22,24,29-31H,4-5,7,10-12,15-19,21H2,1-3H3,(H,43,44);1H/t24?,29-,30-,31-;/m0./s1. The number of fused-ring (bicyclic) bond motifs is 3. The molecule has 2 aromatic carbocycles. The summed E-state index contributed by atoms with van der Waals surface area (Å²) in [6.45, 7) is 7.00. The highest BCUT2D eigenvalue weighted by Gasteiger charge is 2.42. The molecule has 2 aromatic rings. The number of nitrogens with zero attached hydrogens (tertiary/aromatic N) is 3. The molecule has 0 radical (unpaired) electrons. The molecule has 5 rings (SSSR count). The third-order valence-corrected chi connectivity index (χ3v) is 10.1. The Labute approximate surface area is 282 Å². The van der Waals surface area contributed by atoms with E-state index in [0.29, 0.717) is 61.3 Å². The van der Waals surface area contributed by atoms with E-state index in [1.807, 2.05) is 13.1 Å². The smallest absolute Gasteiger partial charge is 0.332 e. The SMILES string of the molecule is CC(C)[C@@H]1c2ccc(F)cc2CCC1CO[C@@H](CCN(C)CCCCN1C(=O)[C@@H]2CCCN2C(=O)c2c(Cl)cccc21)C(=O)O.Cl. The van der Waals surface area contributed by atoms with Gasteiger partial charge in [-0.1, -0.05) is 37.6 Å². The first-order valence-electron chi connectivity index (χ1n) is 16.3. The lowest BCUT2D eigenvalue weighted by atomic mass is 9.70. The molecule has 0 aromatic heterocycles. The Kier molecular flexibility index (Phi) is 12.5. The van der Waals surface area contributed by atoms with Crippen LogP contribution in [0.4, 0.5) is 10.1 Å². The first-order valence-corrected chi connectivity index (χ1v) is 16.7. The van der Waals surface area contributed by atoms with E-state index in [1.165, 1.54) is 6.07 Å². The molecular formula is C35H46Cl2FN3O5. The average molecular weight is 679 g/mol. The van der Waals surface area contributed by atoms with Crippen molar-refractivity contribution in [2.75, 3.05) is 44.7 Å². The van der Waals surface area contributed by atoms with Crippen LogP contribution in [-0.2, 0) is 20.7 Å². The summed E-state index contributed by atoms with van der Waals surface area (Å²) in [4.78, 5) is 44.4. The highest BCUT2D eigenvalue weighted by atomic mass is 35.5. The van der Waals surface area contributed by atoms with Crippen LogP contribution in [0.25, 0.3) is 0 Å². The molecule has 0 bridgehead atoms. The van der Waals surface area contributed by atoms with E-state index < -0.39 is 18.1 Å². The zero-order valence-electron chi connectivity index (χ0n) is 26.9. The summed E-state index contributed by atoms with van der Waals surface area (Å²) < 4.78 is 19.9. The summed E-state index contributed by atoms with van der Waals surface area (Å²) in [5.41, 5.74) is 3.18. The minimum absolute atomic E-state index is 0. The summed E-state index contributed by atoms with van der Waals surface area (Å²) in [7, 11) is 1.96. The number of hydrogen-bond donors (Lipinski definition) is 1. The topological polar surface area (TPSA) is 90.4 Å². The maximum Gasteiger partial charge on any atom is 0.332 e. The lowest BCUT2D eigenvalue weighted by Crippen LogP contribution is -2.45. The van der Waals surface area contributed by atoms with E-state index >= 15 is 0 Å². The van der Waals surface area contributed by atoms with Gasteiger partial charge in [-0.2, -0.15) is 0 Å². The van der Waals surface area contributed by atoms with Crippen LogP contribution in [0.15, 0.2) is 36.4 Å². The number of benzene rings is 2. The van der Waals surface area contributed by atoms with Gasteiger partial charge in [-0.15, -0.1) is 12.4 Å². The highest BCUT2D eigenvalue weighted by molar-refractivity contribution is 6.35. The van der Waals surface area contributed by atoms with Crippen LogP contribution in [-0.4, -0.2) is 84.7 Å². The number of anilines is 1. The first kappa shape index (κ1) is 36.1. The quantitative estimate of drug-likeness (QED) is 0.246. The molecular weight excluding hydrogens is 632 g/mol. The van der Waals surface area contributed by atoms with Crippen molar-refractivity contribution >= 4 is 47.5 Å². The van der Waals surface area contributed by atoms with Gasteiger partial charge in [0.2, 0.25) is 5.91 Å².